The number of aliphatic hydroxyl groups excluding tert-OH is 1. The lowest BCUT2D eigenvalue weighted by Gasteiger charge is -2.19. The maximum atomic E-state index is 12.1. The zero-order valence-corrected chi connectivity index (χ0v) is 11.4. The van der Waals surface area contributed by atoms with E-state index in [1.165, 1.54) is 4.68 Å². The van der Waals surface area contributed by atoms with Gasteiger partial charge in [-0.2, -0.15) is 5.10 Å². The molecule has 102 valence electrons. The molecular weight excluding hydrogens is 232 g/mol. The minimum Gasteiger partial charge on any atom is -0.395 e. The van der Waals surface area contributed by atoms with Crippen molar-refractivity contribution in [3.05, 3.63) is 11.4 Å². The van der Waals surface area contributed by atoms with E-state index >= 15 is 0 Å². The summed E-state index contributed by atoms with van der Waals surface area (Å²) in [7, 11) is 1.69. The van der Waals surface area contributed by atoms with Gasteiger partial charge in [0.25, 0.3) is 5.91 Å². The topological polar surface area (TPSA) is 93.2 Å². The summed E-state index contributed by atoms with van der Waals surface area (Å²) in [5.41, 5.74) is 7.39. The van der Waals surface area contributed by atoms with Gasteiger partial charge in [-0.1, -0.05) is 20.8 Å². The highest BCUT2D eigenvalue weighted by Gasteiger charge is 2.22. The van der Waals surface area contributed by atoms with Gasteiger partial charge in [0.1, 0.15) is 5.69 Å². The van der Waals surface area contributed by atoms with Crippen molar-refractivity contribution in [3.8, 4) is 0 Å². The number of nitrogen functional groups attached to an aromatic ring is 1. The fraction of sp³-hybridized carbons (Fsp3) is 0.667. The summed E-state index contributed by atoms with van der Waals surface area (Å²) in [5, 5.41) is 16.2. The van der Waals surface area contributed by atoms with Crippen LogP contribution in [0.4, 0.5) is 5.69 Å². The lowest BCUT2D eigenvalue weighted by atomic mass is 10.1. The maximum Gasteiger partial charge on any atom is 0.272 e. The number of nitrogens with two attached hydrogens (primary N) is 1. The van der Waals surface area contributed by atoms with Crippen LogP contribution in [0.5, 0.6) is 0 Å². The van der Waals surface area contributed by atoms with Crippen LogP contribution in [0.1, 0.15) is 37.0 Å². The number of aromatic nitrogens is 2. The van der Waals surface area contributed by atoms with Gasteiger partial charge < -0.3 is 16.2 Å². The number of nitrogens with zero attached hydrogens (tertiary/aromatic N) is 2. The van der Waals surface area contributed by atoms with E-state index in [1.807, 2.05) is 20.8 Å². The second-order valence-electron chi connectivity index (χ2n) is 4.69. The number of aryl methyl sites for hydroxylation is 2. The Labute approximate surface area is 107 Å². The molecule has 1 aromatic heterocycles. The minimum absolute atomic E-state index is 0.0954. The minimum atomic E-state index is -0.296. The molecule has 0 unspecified atom stereocenters. The fourth-order valence-electron chi connectivity index (χ4n) is 1.79. The van der Waals surface area contributed by atoms with Crippen LogP contribution in [0, 0.1) is 5.92 Å². The molecule has 0 saturated carbocycles. The van der Waals surface area contributed by atoms with Crippen molar-refractivity contribution in [1.29, 1.82) is 0 Å². The number of carbonyl (C=O) groups is 1. The van der Waals surface area contributed by atoms with E-state index in [2.05, 4.69) is 10.4 Å². The Morgan fingerprint density at radius 3 is 2.56 bits per heavy atom. The Bertz CT molecular complexity index is 426. The Morgan fingerprint density at radius 2 is 2.17 bits per heavy atom. The molecule has 6 nitrogen and oxygen atoms in total. The molecule has 0 aromatic carbocycles. The van der Waals surface area contributed by atoms with Gasteiger partial charge in [0.2, 0.25) is 0 Å². The Kier molecular flexibility index (Phi) is 4.72. The number of carbonyl (C=O) groups excluding carboxylic acids is 1. The van der Waals surface area contributed by atoms with Crippen LogP contribution in [-0.4, -0.2) is 33.4 Å². The Morgan fingerprint density at radius 1 is 1.56 bits per heavy atom. The van der Waals surface area contributed by atoms with E-state index in [0.717, 1.165) is 0 Å². The predicted octanol–water partition coefficient (Wildman–Crippen LogP) is 0.311. The molecule has 18 heavy (non-hydrogen) atoms. The van der Waals surface area contributed by atoms with Gasteiger partial charge in [-0.05, 0) is 12.3 Å². The lowest BCUT2D eigenvalue weighted by molar-refractivity contribution is 0.0888. The van der Waals surface area contributed by atoms with Crippen LogP contribution >= 0.6 is 0 Å². The summed E-state index contributed by atoms with van der Waals surface area (Å²) >= 11 is 0. The zero-order valence-electron chi connectivity index (χ0n) is 11.4. The summed E-state index contributed by atoms with van der Waals surface area (Å²) < 4.78 is 1.48. The number of anilines is 1. The third-order valence-corrected chi connectivity index (χ3v) is 3.03. The predicted molar refractivity (Wildman–Crippen MR) is 70.2 cm³/mol. The van der Waals surface area contributed by atoms with Crippen molar-refractivity contribution in [3.63, 3.8) is 0 Å². The van der Waals surface area contributed by atoms with Crippen molar-refractivity contribution in [2.24, 2.45) is 13.0 Å². The van der Waals surface area contributed by atoms with Gasteiger partial charge in [-0.25, -0.2) is 0 Å². The lowest BCUT2D eigenvalue weighted by Crippen LogP contribution is -2.42. The van der Waals surface area contributed by atoms with Gasteiger partial charge in [-0.15, -0.1) is 0 Å². The average Bonchev–Trinajstić information content (AvgIpc) is 2.60. The number of amides is 1. The molecule has 1 aromatic rings. The van der Waals surface area contributed by atoms with Crippen molar-refractivity contribution >= 4 is 11.6 Å². The summed E-state index contributed by atoms with van der Waals surface area (Å²) in [6.45, 7) is 5.71. The monoisotopic (exact) mass is 254 g/mol. The standard InChI is InChI=1S/C12H22N4O2/c1-5-8-10(13)11(16(4)15-8)12(18)14-9(6-17)7(2)3/h7,9,17H,5-6,13H2,1-4H3,(H,14,18)/t9-/m1/s1. The number of nitrogens with one attached hydrogen (secondary N) is 1. The normalized spacial score (nSPS) is 12.8. The fourth-order valence-corrected chi connectivity index (χ4v) is 1.79. The third-order valence-electron chi connectivity index (χ3n) is 3.03. The van der Waals surface area contributed by atoms with Gasteiger partial charge in [0.15, 0.2) is 0 Å². The summed E-state index contributed by atoms with van der Waals surface area (Å²) in [4.78, 5) is 12.1. The molecule has 0 radical (unpaired) electrons. The number of rotatable bonds is 5. The average molecular weight is 254 g/mol. The second kappa shape index (κ2) is 5.86. The number of aliphatic hydroxyl groups is 1. The van der Waals surface area contributed by atoms with E-state index in [-0.39, 0.29) is 24.5 Å². The van der Waals surface area contributed by atoms with Crippen LogP contribution < -0.4 is 11.1 Å². The highest BCUT2D eigenvalue weighted by Crippen LogP contribution is 2.17. The van der Waals surface area contributed by atoms with Gasteiger partial charge >= 0.3 is 0 Å². The zero-order chi connectivity index (χ0) is 13.9. The molecule has 1 atom stereocenters. The molecule has 6 heteroatoms. The molecule has 0 bridgehead atoms. The summed E-state index contributed by atoms with van der Waals surface area (Å²) in [6.07, 6.45) is 0.681. The SMILES string of the molecule is CCc1nn(C)c(C(=O)N[C@H](CO)C(C)C)c1N. The highest BCUT2D eigenvalue weighted by atomic mass is 16.3. The van der Waals surface area contributed by atoms with E-state index in [1.54, 1.807) is 7.05 Å². The van der Waals surface area contributed by atoms with Gasteiger partial charge in [0.05, 0.1) is 24.0 Å². The van der Waals surface area contributed by atoms with Crippen molar-refractivity contribution < 1.29 is 9.90 Å². The van der Waals surface area contributed by atoms with Crippen molar-refractivity contribution in [2.75, 3.05) is 12.3 Å². The molecule has 0 aliphatic heterocycles. The van der Waals surface area contributed by atoms with E-state index in [9.17, 15) is 9.90 Å². The molecule has 0 aliphatic carbocycles. The van der Waals surface area contributed by atoms with Gasteiger partial charge in [0, 0.05) is 7.05 Å². The molecule has 0 aliphatic rings. The third kappa shape index (κ3) is 2.81. The largest absolute Gasteiger partial charge is 0.395 e. The van der Waals surface area contributed by atoms with E-state index in [0.29, 0.717) is 23.5 Å². The summed E-state index contributed by atoms with van der Waals surface area (Å²) in [5.74, 6) is -0.144. The van der Waals surface area contributed by atoms with Crippen LogP contribution in [0.25, 0.3) is 0 Å². The molecule has 4 N–H and O–H groups in total. The number of hydrogen-bond acceptors (Lipinski definition) is 4. The van der Waals surface area contributed by atoms with Gasteiger partial charge in [-0.3, -0.25) is 9.48 Å². The highest BCUT2D eigenvalue weighted by molar-refractivity contribution is 5.98. The van der Waals surface area contributed by atoms with Crippen molar-refractivity contribution in [1.82, 2.24) is 15.1 Å². The molecule has 0 saturated heterocycles. The smallest absolute Gasteiger partial charge is 0.272 e. The molecule has 1 heterocycles. The van der Waals surface area contributed by atoms with Crippen LogP contribution in [0.15, 0.2) is 0 Å². The second-order valence-corrected chi connectivity index (χ2v) is 4.69. The first-order chi connectivity index (χ1) is 8.42. The molecule has 1 amide bonds. The number of hydrogen-bond donors (Lipinski definition) is 3. The first-order valence-electron chi connectivity index (χ1n) is 6.15. The first kappa shape index (κ1) is 14.5. The van der Waals surface area contributed by atoms with Crippen LogP contribution in [0.3, 0.4) is 0 Å². The summed E-state index contributed by atoms with van der Waals surface area (Å²) in [6, 6.07) is -0.281. The maximum absolute atomic E-state index is 12.1. The Balaban J connectivity index is 2.94. The van der Waals surface area contributed by atoms with E-state index in [4.69, 9.17) is 5.73 Å². The van der Waals surface area contributed by atoms with E-state index < -0.39 is 0 Å². The first-order valence-corrected chi connectivity index (χ1v) is 6.15. The molecule has 0 fully saturated rings. The Hall–Kier alpha value is -1.56. The van der Waals surface area contributed by atoms with Crippen LogP contribution in [-0.2, 0) is 13.5 Å². The molecule has 0 spiro atoms. The quantitative estimate of drug-likeness (QED) is 0.705. The van der Waals surface area contributed by atoms with Crippen molar-refractivity contribution in [2.45, 2.75) is 33.2 Å². The molecular formula is C12H22N4O2. The molecule has 1 rings (SSSR count). The van der Waals surface area contributed by atoms with Crippen LogP contribution in [0.2, 0.25) is 0 Å².